The lowest BCUT2D eigenvalue weighted by atomic mass is 9.58. The zero-order chi connectivity index (χ0) is 27.5. The van der Waals surface area contributed by atoms with E-state index >= 15 is 0 Å². The van der Waals surface area contributed by atoms with Gasteiger partial charge in [-0.25, -0.2) is 0 Å². The highest BCUT2D eigenvalue weighted by Crippen LogP contribution is 2.51. The van der Waals surface area contributed by atoms with Gasteiger partial charge in [-0.3, -0.25) is 0 Å². The summed E-state index contributed by atoms with van der Waals surface area (Å²) < 4.78 is 22.8. The maximum Gasteiger partial charge on any atom is 0.119 e. The summed E-state index contributed by atoms with van der Waals surface area (Å²) in [6.45, 7) is 2.83. The van der Waals surface area contributed by atoms with Crippen LogP contribution in [0.1, 0.15) is 48.8 Å². The molecule has 7 rings (SSSR count). The van der Waals surface area contributed by atoms with Gasteiger partial charge in [0.15, 0.2) is 0 Å². The largest absolute Gasteiger partial charge is 0.491 e. The number of rotatable bonds is 11. The van der Waals surface area contributed by atoms with Crippen LogP contribution < -0.4 is 9.47 Å². The molecule has 210 valence electrons. The van der Waals surface area contributed by atoms with E-state index in [0.717, 1.165) is 24.7 Å². The van der Waals surface area contributed by atoms with Crippen LogP contribution in [0.3, 0.4) is 0 Å². The molecule has 4 heteroatoms. The van der Waals surface area contributed by atoms with Crippen molar-refractivity contribution in [3.05, 3.63) is 120 Å². The number of hydrogen-bond acceptors (Lipinski definition) is 4. The van der Waals surface area contributed by atoms with E-state index in [-0.39, 0.29) is 17.6 Å². The van der Waals surface area contributed by atoms with Crippen LogP contribution in [0.15, 0.2) is 103 Å². The van der Waals surface area contributed by atoms with Crippen molar-refractivity contribution in [2.45, 2.75) is 49.7 Å². The van der Waals surface area contributed by atoms with Crippen molar-refractivity contribution < 1.29 is 18.9 Å². The summed E-state index contributed by atoms with van der Waals surface area (Å²) in [5, 5.41) is 0. The van der Waals surface area contributed by atoms with E-state index in [9.17, 15) is 0 Å². The molecule has 2 atom stereocenters. The van der Waals surface area contributed by atoms with E-state index < -0.39 is 0 Å². The molecule has 4 aromatic carbocycles. The van der Waals surface area contributed by atoms with Crippen molar-refractivity contribution in [2.24, 2.45) is 5.92 Å². The molecule has 2 saturated heterocycles. The van der Waals surface area contributed by atoms with Crippen molar-refractivity contribution in [1.82, 2.24) is 0 Å². The van der Waals surface area contributed by atoms with Gasteiger partial charge in [0.25, 0.3) is 0 Å². The van der Waals surface area contributed by atoms with Crippen molar-refractivity contribution in [1.29, 1.82) is 0 Å². The van der Waals surface area contributed by atoms with E-state index in [1.165, 1.54) is 59.9 Å². The van der Waals surface area contributed by atoms with Gasteiger partial charge in [-0.1, -0.05) is 98.1 Å². The molecule has 2 unspecified atom stereocenters. The lowest BCUT2D eigenvalue weighted by molar-refractivity contribution is 0.260. The first-order chi connectivity index (χ1) is 20.3. The van der Waals surface area contributed by atoms with Crippen LogP contribution in [0, 0.1) is 5.92 Å². The molecule has 2 heterocycles. The van der Waals surface area contributed by atoms with Crippen molar-refractivity contribution in [3.8, 4) is 22.6 Å². The highest BCUT2D eigenvalue weighted by atomic mass is 16.6. The summed E-state index contributed by atoms with van der Waals surface area (Å²) in [4.78, 5) is 0. The Morgan fingerprint density at radius 1 is 0.537 bits per heavy atom. The molecule has 0 aromatic heterocycles. The second-order valence-corrected chi connectivity index (χ2v) is 11.7. The van der Waals surface area contributed by atoms with E-state index in [4.69, 9.17) is 18.9 Å². The van der Waals surface area contributed by atoms with Crippen LogP contribution in [-0.4, -0.2) is 38.6 Å². The standard InChI is InChI=1S/C37H38O4/c1-3-7-27(8-4-1)28-11-13-30(14-12-28)37(29-9-5-2-6-10-29,31-15-19-33(20-16-31)38-23-35-25-40-35)32-17-21-34(22-18-32)39-24-36-26-41-36/h1,3-4,7-8,11-22,29,35-36H,2,5-6,9-10,23-26H2. The summed E-state index contributed by atoms with van der Waals surface area (Å²) in [6, 6.07) is 37.7. The van der Waals surface area contributed by atoms with E-state index in [0.29, 0.717) is 19.1 Å². The molecule has 2 aliphatic heterocycles. The van der Waals surface area contributed by atoms with Gasteiger partial charge in [0.05, 0.1) is 13.2 Å². The van der Waals surface area contributed by atoms with Crippen LogP contribution in [0.5, 0.6) is 11.5 Å². The van der Waals surface area contributed by atoms with Crippen molar-refractivity contribution in [2.75, 3.05) is 26.4 Å². The predicted octanol–water partition coefficient (Wildman–Crippen LogP) is 7.82. The fraction of sp³-hybridized carbons (Fsp3) is 0.351. The molecule has 41 heavy (non-hydrogen) atoms. The van der Waals surface area contributed by atoms with Crippen LogP contribution >= 0.6 is 0 Å². The first-order valence-corrected chi connectivity index (χ1v) is 15.1. The van der Waals surface area contributed by atoms with Gasteiger partial charge in [-0.2, -0.15) is 0 Å². The maximum atomic E-state index is 6.03. The van der Waals surface area contributed by atoms with Crippen LogP contribution in [0.2, 0.25) is 0 Å². The van der Waals surface area contributed by atoms with Crippen molar-refractivity contribution >= 4 is 0 Å². The Morgan fingerprint density at radius 3 is 1.44 bits per heavy atom. The van der Waals surface area contributed by atoms with Gasteiger partial charge in [0.2, 0.25) is 0 Å². The third-order valence-corrected chi connectivity index (χ3v) is 8.96. The number of epoxide rings is 2. The molecule has 4 aromatic rings. The second-order valence-electron chi connectivity index (χ2n) is 11.7. The van der Waals surface area contributed by atoms with Gasteiger partial charge in [-0.15, -0.1) is 0 Å². The number of ether oxygens (including phenoxy) is 4. The molecule has 0 spiro atoms. The Balaban J connectivity index is 1.31. The van der Waals surface area contributed by atoms with Gasteiger partial charge >= 0.3 is 0 Å². The Labute approximate surface area is 243 Å². The molecule has 0 bridgehead atoms. The Bertz CT molecular complexity index is 1340. The third-order valence-electron chi connectivity index (χ3n) is 8.96. The second kappa shape index (κ2) is 11.7. The SMILES string of the molecule is c1ccc(-c2ccc(C(c3ccc(OCC4CO4)cc3)(c3ccc(OCC4CO4)cc3)C3CCCCC3)cc2)cc1. The third kappa shape index (κ3) is 5.77. The average Bonchev–Trinajstić information content (AvgIpc) is 3.98. The normalized spacial score (nSPS) is 21.6. The van der Waals surface area contributed by atoms with Crippen molar-refractivity contribution in [3.63, 3.8) is 0 Å². The summed E-state index contributed by atoms with van der Waals surface area (Å²) in [5.74, 6) is 2.27. The van der Waals surface area contributed by atoms with E-state index in [1.54, 1.807) is 0 Å². The van der Waals surface area contributed by atoms with Gasteiger partial charge < -0.3 is 18.9 Å². The summed E-state index contributed by atoms with van der Waals surface area (Å²) in [6.07, 6.45) is 6.73. The summed E-state index contributed by atoms with van der Waals surface area (Å²) >= 11 is 0. The Hall–Kier alpha value is -3.60. The van der Waals surface area contributed by atoms with Crippen LogP contribution in [0.25, 0.3) is 11.1 Å². The lowest BCUT2D eigenvalue weighted by Crippen LogP contribution is -2.39. The first kappa shape index (κ1) is 26.3. The monoisotopic (exact) mass is 546 g/mol. The fourth-order valence-corrected chi connectivity index (χ4v) is 6.63. The minimum atomic E-state index is -0.286. The minimum Gasteiger partial charge on any atom is -0.491 e. The molecular weight excluding hydrogens is 508 g/mol. The van der Waals surface area contributed by atoms with E-state index in [2.05, 4.69) is 103 Å². The quantitative estimate of drug-likeness (QED) is 0.142. The minimum absolute atomic E-state index is 0.242. The molecule has 3 fully saturated rings. The lowest BCUT2D eigenvalue weighted by Gasteiger charge is -2.45. The average molecular weight is 547 g/mol. The molecule has 0 N–H and O–H groups in total. The molecule has 4 nitrogen and oxygen atoms in total. The Morgan fingerprint density at radius 2 is 0.976 bits per heavy atom. The van der Waals surface area contributed by atoms with Gasteiger partial charge in [0, 0.05) is 5.41 Å². The molecular formula is C37H38O4. The summed E-state index contributed by atoms with van der Waals surface area (Å²) in [5.41, 5.74) is 6.16. The molecule has 3 aliphatic rings. The highest BCUT2D eigenvalue weighted by Gasteiger charge is 2.44. The molecule has 0 radical (unpaired) electrons. The molecule has 1 aliphatic carbocycles. The smallest absolute Gasteiger partial charge is 0.119 e. The zero-order valence-electron chi connectivity index (χ0n) is 23.5. The highest BCUT2D eigenvalue weighted by molar-refractivity contribution is 5.65. The molecule has 1 saturated carbocycles. The molecule has 0 amide bonds. The summed E-state index contributed by atoms with van der Waals surface area (Å²) in [7, 11) is 0. The van der Waals surface area contributed by atoms with E-state index in [1.807, 2.05) is 0 Å². The maximum absolute atomic E-state index is 6.03. The fourth-order valence-electron chi connectivity index (χ4n) is 6.63. The first-order valence-electron chi connectivity index (χ1n) is 15.1. The van der Waals surface area contributed by atoms with Crippen LogP contribution in [-0.2, 0) is 14.9 Å². The predicted molar refractivity (Wildman–Crippen MR) is 162 cm³/mol. The topological polar surface area (TPSA) is 43.5 Å². The number of benzene rings is 4. The number of hydrogen-bond donors (Lipinski definition) is 0. The van der Waals surface area contributed by atoms with Gasteiger partial charge in [-0.05, 0) is 70.8 Å². The Kier molecular flexibility index (Phi) is 7.52. The van der Waals surface area contributed by atoms with Gasteiger partial charge in [0.1, 0.15) is 36.9 Å². The zero-order valence-corrected chi connectivity index (χ0v) is 23.5. The van der Waals surface area contributed by atoms with Crippen LogP contribution in [0.4, 0.5) is 0 Å².